The van der Waals surface area contributed by atoms with E-state index in [1.807, 2.05) is 4.68 Å². The van der Waals surface area contributed by atoms with Crippen LogP contribution in [0.4, 0.5) is 0 Å². The maximum Gasteiger partial charge on any atom is 0.161 e. The quantitative estimate of drug-likeness (QED) is 0.859. The third kappa shape index (κ3) is 3.50. The number of nitrogens with two attached hydrogens (primary N) is 1. The van der Waals surface area contributed by atoms with Crippen LogP contribution in [0, 0.1) is 5.92 Å². The molecule has 1 saturated carbocycles. The summed E-state index contributed by atoms with van der Waals surface area (Å²) in [5.41, 5.74) is 7.42. The van der Waals surface area contributed by atoms with Crippen molar-refractivity contribution in [2.24, 2.45) is 11.7 Å². The largest absolute Gasteiger partial charge is 0.493 e. The molecule has 0 aromatic carbocycles. The number of rotatable bonds is 6. The van der Waals surface area contributed by atoms with Crippen LogP contribution in [-0.4, -0.2) is 16.9 Å². The van der Waals surface area contributed by atoms with Crippen molar-refractivity contribution in [3.63, 3.8) is 0 Å². The summed E-state index contributed by atoms with van der Waals surface area (Å²) >= 11 is 0. The lowest BCUT2D eigenvalue weighted by Crippen LogP contribution is -2.18. The molecule has 1 fully saturated rings. The standard InChI is InChI=1S/C15H27N3O/c1-3-18-15(14(19-2)11-17-18)13(16)10-9-12-7-5-4-6-8-12/h11-13H,3-10,16H2,1-2H3. The summed E-state index contributed by atoms with van der Waals surface area (Å²) in [6.45, 7) is 2.93. The average Bonchev–Trinajstić information content (AvgIpc) is 2.89. The van der Waals surface area contributed by atoms with Gasteiger partial charge in [0.05, 0.1) is 25.0 Å². The maximum atomic E-state index is 6.37. The van der Waals surface area contributed by atoms with E-state index < -0.39 is 0 Å². The van der Waals surface area contributed by atoms with Gasteiger partial charge in [0, 0.05) is 6.54 Å². The fourth-order valence-electron chi connectivity index (χ4n) is 3.19. The lowest BCUT2D eigenvalue weighted by atomic mass is 9.85. The second-order valence-electron chi connectivity index (χ2n) is 5.60. The van der Waals surface area contributed by atoms with Gasteiger partial charge in [0.25, 0.3) is 0 Å². The molecule has 0 aliphatic heterocycles. The molecule has 2 rings (SSSR count). The Morgan fingerprint density at radius 1 is 1.42 bits per heavy atom. The van der Waals surface area contributed by atoms with Gasteiger partial charge in [-0.2, -0.15) is 5.10 Å². The highest BCUT2D eigenvalue weighted by Crippen LogP contribution is 2.32. The summed E-state index contributed by atoms with van der Waals surface area (Å²) < 4.78 is 7.34. The Kier molecular flexibility index (Phi) is 5.25. The third-order valence-electron chi connectivity index (χ3n) is 4.33. The molecule has 2 N–H and O–H groups in total. The first-order chi connectivity index (χ1) is 9.26. The van der Waals surface area contributed by atoms with E-state index >= 15 is 0 Å². The van der Waals surface area contributed by atoms with Crippen LogP contribution in [0.2, 0.25) is 0 Å². The molecule has 1 atom stereocenters. The molecule has 0 saturated heterocycles. The number of hydrogen-bond donors (Lipinski definition) is 1. The van der Waals surface area contributed by atoms with Crippen molar-refractivity contribution in [3.05, 3.63) is 11.9 Å². The molecule has 0 radical (unpaired) electrons. The first-order valence-electron chi connectivity index (χ1n) is 7.61. The van der Waals surface area contributed by atoms with Crippen molar-refractivity contribution >= 4 is 0 Å². The molecule has 4 nitrogen and oxygen atoms in total. The van der Waals surface area contributed by atoms with E-state index in [-0.39, 0.29) is 6.04 Å². The normalized spacial score (nSPS) is 18.5. The molecule has 1 aliphatic carbocycles. The Bertz CT molecular complexity index is 361. The molecule has 0 amide bonds. The van der Waals surface area contributed by atoms with Crippen molar-refractivity contribution in [2.75, 3.05) is 7.11 Å². The van der Waals surface area contributed by atoms with Crippen molar-refractivity contribution in [3.8, 4) is 5.75 Å². The molecule has 1 aromatic heterocycles. The number of nitrogens with zero attached hydrogens (tertiary/aromatic N) is 2. The third-order valence-corrected chi connectivity index (χ3v) is 4.33. The molecule has 1 aliphatic rings. The van der Waals surface area contributed by atoms with Crippen LogP contribution in [0.25, 0.3) is 0 Å². The molecule has 0 bridgehead atoms. The van der Waals surface area contributed by atoms with Gasteiger partial charge in [0.15, 0.2) is 5.75 Å². The van der Waals surface area contributed by atoms with E-state index in [2.05, 4.69) is 12.0 Å². The number of ether oxygens (including phenoxy) is 1. The Labute approximate surface area is 116 Å². The van der Waals surface area contributed by atoms with Crippen LogP contribution in [0.1, 0.15) is 63.6 Å². The van der Waals surface area contributed by atoms with E-state index in [1.54, 1.807) is 13.3 Å². The minimum atomic E-state index is 0.0410. The second kappa shape index (κ2) is 6.94. The number of hydrogen-bond acceptors (Lipinski definition) is 3. The fourth-order valence-corrected chi connectivity index (χ4v) is 3.19. The lowest BCUT2D eigenvalue weighted by molar-refractivity contribution is 0.319. The summed E-state index contributed by atoms with van der Waals surface area (Å²) in [6, 6.07) is 0.0410. The van der Waals surface area contributed by atoms with Crippen LogP contribution in [0.5, 0.6) is 5.75 Å². The predicted octanol–water partition coefficient (Wildman–Crippen LogP) is 3.27. The van der Waals surface area contributed by atoms with E-state index in [9.17, 15) is 0 Å². The molecule has 1 aromatic rings. The average molecular weight is 265 g/mol. The summed E-state index contributed by atoms with van der Waals surface area (Å²) in [5.74, 6) is 1.71. The van der Waals surface area contributed by atoms with Gasteiger partial charge in [-0.25, -0.2) is 0 Å². The predicted molar refractivity (Wildman–Crippen MR) is 77.2 cm³/mol. The number of aryl methyl sites for hydroxylation is 1. The first kappa shape index (κ1) is 14.4. The molecular weight excluding hydrogens is 238 g/mol. The SMILES string of the molecule is CCn1ncc(OC)c1C(N)CCC1CCCCC1. The van der Waals surface area contributed by atoms with Crippen LogP contribution in [0.3, 0.4) is 0 Å². The summed E-state index contributed by atoms with van der Waals surface area (Å²) in [7, 11) is 1.69. The zero-order chi connectivity index (χ0) is 13.7. The maximum absolute atomic E-state index is 6.37. The smallest absolute Gasteiger partial charge is 0.161 e. The van der Waals surface area contributed by atoms with Gasteiger partial charge in [-0.05, 0) is 25.7 Å². The van der Waals surface area contributed by atoms with E-state index in [0.29, 0.717) is 0 Å². The van der Waals surface area contributed by atoms with Crippen LogP contribution < -0.4 is 10.5 Å². The minimum absolute atomic E-state index is 0.0410. The first-order valence-corrected chi connectivity index (χ1v) is 7.61. The van der Waals surface area contributed by atoms with Gasteiger partial charge in [-0.3, -0.25) is 4.68 Å². The van der Waals surface area contributed by atoms with Crippen LogP contribution in [0.15, 0.2) is 6.20 Å². The highest BCUT2D eigenvalue weighted by atomic mass is 16.5. The Morgan fingerprint density at radius 2 is 2.16 bits per heavy atom. The van der Waals surface area contributed by atoms with E-state index in [4.69, 9.17) is 10.5 Å². The van der Waals surface area contributed by atoms with Crippen LogP contribution in [-0.2, 0) is 6.54 Å². The van der Waals surface area contributed by atoms with Gasteiger partial charge in [-0.15, -0.1) is 0 Å². The molecule has 0 spiro atoms. The molecule has 4 heteroatoms. The van der Waals surface area contributed by atoms with Gasteiger partial charge in [-0.1, -0.05) is 32.1 Å². The molecular formula is C15H27N3O. The molecule has 19 heavy (non-hydrogen) atoms. The highest BCUT2D eigenvalue weighted by Gasteiger charge is 2.20. The van der Waals surface area contributed by atoms with Crippen LogP contribution >= 0.6 is 0 Å². The molecule has 1 unspecified atom stereocenters. The van der Waals surface area contributed by atoms with Gasteiger partial charge in [0.2, 0.25) is 0 Å². The van der Waals surface area contributed by atoms with Crippen molar-refractivity contribution < 1.29 is 4.74 Å². The van der Waals surface area contributed by atoms with Crippen molar-refractivity contribution in [2.45, 2.75) is 64.5 Å². The van der Waals surface area contributed by atoms with Crippen molar-refractivity contribution in [1.29, 1.82) is 0 Å². The van der Waals surface area contributed by atoms with E-state index in [1.165, 1.54) is 38.5 Å². The minimum Gasteiger partial charge on any atom is -0.493 e. The Morgan fingerprint density at radius 3 is 2.79 bits per heavy atom. The van der Waals surface area contributed by atoms with Gasteiger partial charge >= 0.3 is 0 Å². The summed E-state index contributed by atoms with van der Waals surface area (Å²) in [6.07, 6.45) is 11.0. The second-order valence-corrected chi connectivity index (χ2v) is 5.60. The lowest BCUT2D eigenvalue weighted by Gasteiger charge is -2.23. The monoisotopic (exact) mass is 265 g/mol. The zero-order valence-electron chi connectivity index (χ0n) is 12.3. The number of methoxy groups -OCH3 is 1. The van der Waals surface area contributed by atoms with Gasteiger partial charge < -0.3 is 10.5 Å². The summed E-state index contributed by atoms with van der Waals surface area (Å²) in [4.78, 5) is 0. The molecule has 108 valence electrons. The summed E-state index contributed by atoms with van der Waals surface area (Å²) in [5, 5.41) is 4.33. The Hall–Kier alpha value is -1.03. The highest BCUT2D eigenvalue weighted by molar-refractivity contribution is 5.28. The fraction of sp³-hybridized carbons (Fsp3) is 0.800. The zero-order valence-corrected chi connectivity index (χ0v) is 12.3. The Balaban J connectivity index is 1.94. The topological polar surface area (TPSA) is 53.1 Å². The van der Waals surface area contributed by atoms with Gasteiger partial charge in [0.1, 0.15) is 0 Å². The number of aromatic nitrogens is 2. The van der Waals surface area contributed by atoms with E-state index in [0.717, 1.165) is 30.3 Å². The van der Waals surface area contributed by atoms with Crippen molar-refractivity contribution in [1.82, 2.24) is 9.78 Å². The molecule has 1 heterocycles.